The second kappa shape index (κ2) is 7.85. The lowest BCUT2D eigenvalue weighted by atomic mass is 9.96. The van der Waals surface area contributed by atoms with Crippen molar-refractivity contribution in [2.45, 2.75) is 33.2 Å². The highest BCUT2D eigenvalue weighted by Crippen LogP contribution is 2.33. The van der Waals surface area contributed by atoms with Crippen molar-refractivity contribution < 1.29 is 0 Å². The summed E-state index contributed by atoms with van der Waals surface area (Å²) in [5.41, 5.74) is 3.43. The first-order chi connectivity index (χ1) is 10.9. The molecule has 0 heterocycles. The van der Waals surface area contributed by atoms with E-state index in [1.165, 1.54) is 0 Å². The predicted octanol–water partition coefficient (Wildman–Crippen LogP) is 6.58. The largest absolute Gasteiger partial charge is 0.378 e. The molecule has 0 saturated heterocycles. The molecule has 0 spiro atoms. The van der Waals surface area contributed by atoms with Crippen molar-refractivity contribution in [3.05, 3.63) is 63.6 Å². The van der Waals surface area contributed by atoms with Crippen molar-refractivity contribution in [3.63, 3.8) is 0 Å². The summed E-state index contributed by atoms with van der Waals surface area (Å²) in [5.74, 6) is 0.507. The Bertz CT molecular complexity index is 696. The third-order valence-corrected chi connectivity index (χ3v) is 4.27. The van der Waals surface area contributed by atoms with E-state index in [2.05, 4.69) is 19.2 Å². The monoisotopic (exact) mass is 348 g/mol. The number of anilines is 1. The van der Waals surface area contributed by atoms with Crippen LogP contribution in [-0.4, -0.2) is 5.71 Å². The van der Waals surface area contributed by atoms with Crippen LogP contribution >= 0.6 is 23.2 Å². The van der Waals surface area contributed by atoms with Crippen LogP contribution in [0.1, 0.15) is 44.4 Å². The van der Waals surface area contributed by atoms with Gasteiger partial charge in [-0.15, -0.1) is 0 Å². The normalized spacial score (nSPS) is 12.3. The number of hydrogen-bond donors (Lipinski definition) is 2. The van der Waals surface area contributed by atoms with Gasteiger partial charge in [0.2, 0.25) is 0 Å². The summed E-state index contributed by atoms with van der Waals surface area (Å²) in [7, 11) is 0. The topological polar surface area (TPSA) is 35.9 Å². The highest BCUT2D eigenvalue weighted by Gasteiger charge is 2.18. The van der Waals surface area contributed by atoms with Gasteiger partial charge < -0.3 is 10.7 Å². The molecule has 2 N–H and O–H groups in total. The highest BCUT2D eigenvalue weighted by molar-refractivity contribution is 6.35. The zero-order valence-electron chi connectivity index (χ0n) is 13.7. The molecule has 122 valence electrons. The molecule has 2 aromatic carbocycles. The summed E-state index contributed by atoms with van der Waals surface area (Å²) in [6.07, 6.45) is 0.937. The summed E-state index contributed by atoms with van der Waals surface area (Å²) in [6.45, 7) is 6.17. The fourth-order valence-corrected chi connectivity index (χ4v) is 3.18. The fraction of sp³-hybridized carbons (Fsp3) is 0.316. The van der Waals surface area contributed by atoms with Crippen LogP contribution in [0.5, 0.6) is 0 Å². The average molecular weight is 349 g/mol. The van der Waals surface area contributed by atoms with E-state index in [1.54, 1.807) is 13.0 Å². The van der Waals surface area contributed by atoms with Crippen LogP contribution in [0.4, 0.5) is 5.69 Å². The molecule has 0 saturated carbocycles. The third-order valence-electron chi connectivity index (χ3n) is 3.71. The lowest BCUT2D eigenvalue weighted by Crippen LogP contribution is -2.15. The lowest BCUT2D eigenvalue weighted by molar-refractivity contribution is 0.531. The fourth-order valence-electron chi connectivity index (χ4n) is 2.64. The molecule has 0 fully saturated rings. The molecular weight excluding hydrogens is 327 g/mol. The molecule has 1 unspecified atom stereocenters. The number of rotatable bonds is 6. The number of para-hydroxylation sites is 1. The van der Waals surface area contributed by atoms with Gasteiger partial charge in [0, 0.05) is 27.0 Å². The Hall–Kier alpha value is -1.51. The first-order valence-corrected chi connectivity index (χ1v) is 8.50. The van der Waals surface area contributed by atoms with E-state index in [4.69, 9.17) is 28.6 Å². The van der Waals surface area contributed by atoms with E-state index in [9.17, 15) is 0 Å². The Morgan fingerprint density at radius 3 is 2.43 bits per heavy atom. The van der Waals surface area contributed by atoms with Crippen LogP contribution in [0.25, 0.3) is 0 Å². The smallest absolute Gasteiger partial charge is 0.0531 e. The third kappa shape index (κ3) is 4.73. The van der Waals surface area contributed by atoms with Gasteiger partial charge in [0.25, 0.3) is 0 Å². The molecule has 2 aromatic rings. The van der Waals surface area contributed by atoms with E-state index in [0.29, 0.717) is 21.7 Å². The average Bonchev–Trinajstić information content (AvgIpc) is 2.46. The molecule has 0 radical (unpaired) electrons. The Kier molecular flexibility index (Phi) is 6.09. The maximum absolute atomic E-state index is 7.95. The van der Waals surface area contributed by atoms with E-state index in [0.717, 1.165) is 23.2 Å². The molecule has 0 amide bonds. The predicted molar refractivity (Wildman–Crippen MR) is 101 cm³/mol. The summed E-state index contributed by atoms with van der Waals surface area (Å²) >= 11 is 12.4. The first-order valence-electron chi connectivity index (χ1n) is 7.74. The zero-order chi connectivity index (χ0) is 17.0. The number of hydrogen-bond acceptors (Lipinski definition) is 2. The standard InChI is InChI=1S/C19H22Cl2N2/c1-12(2)10-19(16-9-8-14(20)11-17(16)21)23-18-7-5-4-6-15(18)13(3)22/h4-9,11-12,19,22-23H,10H2,1-3H3. The van der Waals surface area contributed by atoms with Crippen LogP contribution in [0.15, 0.2) is 42.5 Å². The van der Waals surface area contributed by atoms with Gasteiger partial charge in [0.1, 0.15) is 0 Å². The van der Waals surface area contributed by atoms with E-state index in [1.807, 2.05) is 36.4 Å². The van der Waals surface area contributed by atoms with Gasteiger partial charge in [-0.1, -0.05) is 61.3 Å². The second-order valence-corrected chi connectivity index (χ2v) is 7.01. The Balaban J connectivity index is 2.38. The molecule has 23 heavy (non-hydrogen) atoms. The number of nitrogens with one attached hydrogen (secondary N) is 2. The minimum absolute atomic E-state index is 0.0697. The summed E-state index contributed by atoms with van der Waals surface area (Å²) in [4.78, 5) is 0. The van der Waals surface area contributed by atoms with Crippen molar-refractivity contribution in [2.24, 2.45) is 5.92 Å². The summed E-state index contributed by atoms with van der Waals surface area (Å²) < 4.78 is 0. The quantitative estimate of drug-likeness (QED) is 0.568. The van der Waals surface area contributed by atoms with Crippen LogP contribution in [0, 0.1) is 11.3 Å². The van der Waals surface area contributed by atoms with Crippen molar-refractivity contribution >= 4 is 34.6 Å². The Labute approximate surface area is 148 Å². The molecule has 0 aliphatic rings. The lowest BCUT2D eigenvalue weighted by Gasteiger charge is -2.24. The summed E-state index contributed by atoms with van der Waals surface area (Å²) in [5, 5.41) is 12.8. The summed E-state index contributed by atoms with van der Waals surface area (Å²) in [6, 6.07) is 13.6. The molecule has 4 heteroatoms. The van der Waals surface area contributed by atoms with Crippen molar-refractivity contribution in [1.29, 1.82) is 5.41 Å². The van der Waals surface area contributed by atoms with Crippen molar-refractivity contribution in [1.82, 2.24) is 0 Å². The van der Waals surface area contributed by atoms with Gasteiger partial charge in [-0.2, -0.15) is 0 Å². The van der Waals surface area contributed by atoms with E-state index >= 15 is 0 Å². The first kappa shape index (κ1) is 17.8. The van der Waals surface area contributed by atoms with Crippen LogP contribution in [0.2, 0.25) is 10.0 Å². The second-order valence-electron chi connectivity index (χ2n) is 6.16. The molecule has 2 nitrogen and oxygen atoms in total. The molecule has 0 aliphatic carbocycles. The molecule has 2 rings (SSSR count). The molecular formula is C19H22Cl2N2. The maximum Gasteiger partial charge on any atom is 0.0531 e. The minimum Gasteiger partial charge on any atom is -0.378 e. The number of benzene rings is 2. The highest BCUT2D eigenvalue weighted by atomic mass is 35.5. The molecule has 1 atom stereocenters. The minimum atomic E-state index is 0.0697. The van der Waals surface area contributed by atoms with Gasteiger partial charge in [0.05, 0.1) is 6.04 Å². The van der Waals surface area contributed by atoms with Crippen LogP contribution < -0.4 is 5.32 Å². The number of halogens is 2. The molecule has 0 aromatic heterocycles. The zero-order valence-corrected chi connectivity index (χ0v) is 15.2. The van der Waals surface area contributed by atoms with E-state index < -0.39 is 0 Å². The van der Waals surface area contributed by atoms with Gasteiger partial charge in [0.15, 0.2) is 0 Å². The molecule has 0 aliphatic heterocycles. The molecule has 0 bridgehead atoms. The Morgan fingerprint density at radius 1 is 1.13 bits per heavy atom. The van der Waals surface area contributed by atoms with Gasteiger partial charge in [-0.05, 0) is 43.0 Å². The van der Waals surface area contributed by atoms with Crippen molar-refractivity contribution in [3.8, 4) is 0 Å². The van der Waals surface area contributed by atoms with Gasteiger partial charge >= 0.3 is 0 Å². The van der Waals surface area contributed by atoms with Crippen LogP contribution in [0.3, 0.4) is 0 Å². The van der Waals surface area contributed by atoms with Crippen LogP contribution in [-0.2, 0) is 0 Å². The van der Waals surface area contributed by atoms with E-state index in [-0.39, 0.29) is 6.04 Å². The Morgan fingerprint density at radius 2 is 1.83 bits per heavy atom. The van der Waals surface area contributed by atoms with Gasteiger partial charge in [-0.25, -0.2) is 0 Å². The van der Waals surface area contributed by atoms with Crippen molar-refractivity contribution in [2.75, 3.05) is 5.32 Å². The van der Waals surface area contributed by atoms with Gasteiger partial charge in [-0.3, -0.25) is 0 Å². The maximum atomic E-state index is 7.95. The SMILES string of the molecule is CC(=N)c1ccccc1NC(CC(C)C)c1ccc(Cl)cc1Cl.